The molecule has 0 amide bonds. The summed E-state index contributed by atoms with van der Waals surface area (Å²) in [5.41, 5.74) is 2.28. The van der Waals surface area contributed by atoms with Crippen LogP contribution in [0.1, 0.15) is 41.4 Å². The molecule has 0 spiro atoms. The van der Waals surface area contributed by atoms with Crippen molar-refractivity contribution < 1.29 is 14.6 Å². The summed E-state index contributed by atoms with van der Waals surface area (Å²) < 4.78 is 7.19. The highest BCUT2D eigenvalue weighted by Crippen LogP contribution is 2.42. The molecule has 3 aromatic rings. The van der Waals surface area contributed by atoms with Gasteiger partial charge in [0.1, 0.15) is 5.75 Å². The van der Waals surface area contributed by atoms with Crippen LogP contribution < -0.4 is 4.74 Å². The first-order valence-corrected chi connectivity index (χ1v) is 7.95. The Balaban J connectivity index is 2.04. The first-order chi connectivity index (χ1) is 11.7. The second-order valence-electron chi connectivity index (χ2n) is 5.97. The fourth-order valence-electron chi connectivity index (χ4n) is 3.10. The highest BCUT2D eigenvalue weighted by molar-refractivity contribution is 5.94. The molecule has 1 aliphatic rings. The molecular weight excluding hydrogens is 306 g/mol. The van der Waals surface area contributed by atoms with E-state index in [0.29, 0.717) is 17.3 Å². The van der Waals surface area contributed by atoms with Crippen molar-refractivity contribution in [3.05, 3.63) is 47.8 Å². The normalized spacial score (nSPS) is 14.5. The van der Waals surface area contributed by atoms with Crippen LogP contribution in [0.3, 0.4) is 0 Å². The van der Waals surface area contributed by atoms with Gasteiger partial charge in [0.25, 0.3) is 0 Å². The number of carboxylic acids is 1. The molecule has 2 heterocycles. The molecule has 0 atom stereocenters. The van der Waals surface area contributed by atoms with E-state index in [2.05, 4.69) is 4.98 Å². The van der Waals surface area contributed by atoms with Crippen molar-refractivity contribution in [2.24, 2.45) is 0 Å². The van der Waals surface area contributed by atoms with Crippen LogP contribution in [0, 0.1) is 0 Å². The Labute approximate surface area is 138 Å². The fourth-order valence-corrected chi connectivity index (χ4v) is 3.10. The van der Waals surface area contributed by atoms with Crippen LogP contribution in [0.15, 0.2) is 36.4 Å². The highest BCUT2D eigenvalue weighted by Gasteiger charge is 2.29. The van der Waals surface area contributed by atoms with Gasteiger partial charge < -0.3 is 9.84 Å². The average molecular weight is 323 g/mol. The third kappa shape index (κ3) is 2.22. The fraction of sp³-hybridized carbons (Fsp3) is 0.278. The minimum atomic E-state index is -1.08. The molecule has 0 radical (unpaired) electrons. The average Bonchev–Trinajstić information content (AvgIpc) is 2.92. The number of methoxy groups -OCH3 is 1. The number of hydrogen-bond acceptors (Lipinski definition) is 4. The summed E-state index contributed by atoms with van der Waals surface area (Å²) in [5, 5.41) is 14.9. The smallest absolute Gasteiger partial charge is 0.354 e. The lowest BCUT2D eigenvalue weighted by Crippen LogP contribution is -2.10. The molecular formula is C18H17N3O3. The molecule has 2 aromatic heterocycles. The number of carboxylic acid groups (broad SMARTS) is 1. The van der Waals surface area contributed by atoms with Gasteiger partial charge in [-0.2, -0.15) is 5.10 Å². The van der Waals surface area contributed by atoms with Gasteiger partial charge in [-0.05, 0) is 25.0 Å². The third-order valence-electron chi connectivity index (χ3n) is 4.56. The summed E-state index contributed by atoms with van der Waals surface area (Å²) in [6, 6.07) is 11.1. The Morgan fingerprint density at radius 1 is 1.29 bits per heavy atom. The maximum absolute atomic E-state index is 11.4. The summed E-state index contributed by atoms with van der Waals surface area (Å²) >= 11 is 0. The lowest BCUT2D eigenvalue weighted by Gasteiger charge is -2.23. The number of benzene rings is 1. The molecule has 6 heteroatoms. The molecule has 4 rings (SSSR count). The van der Waals surface area contributed by atoms with Gasteiger partial charge in [-0.15, -0.1) is 0 Å². The highest BCUT2D eigenvalue weighted by atomic mass is 16.5. The lowest BCUT2D eigenvalue weighted by atomic mass is 9.82. The van der Waals surface area contributed by atoms with E-state index in [1.807, 2.05) is 30.3 Å². The molecule has 1 aromatic carbocycles. The van der Waals surface area contributed by atoms with Gasteiger partial charge in [0, 0.05) is 12.0 Å². The van der Waals surface area contributed by atoms with E-state index in [0.717, 1.165) is 29.6 Å². The Morgan fingerprint density at radius 3 is 2.62 bits per heavy atom. The third-order valence-corrected chi connectivity index (χ3v) is 4.56. The van der Waals surface area contributed by atoms with Crippen LogP contribution in [-0.2, 0) is 0 Å². The molecule has 0 bridgehead atoms. The van der Waals surface area contributed by atoms with Crippen LogP contribution in [0.2, 0.25) is 0 Å². The van der Waals surface area contributed by atoms with E-state index in [9.17, 15) is 9.90 Å². The predicted octanol–water partition coefficient (Wildman–Crippen LogP) is 3.39. The number of aromatic nitrogens is 3. The predicted molar refractivity (Wildman–Crippen MR) is 89.0 cm³/mol. The Bertz CT molecular complexity index is 914. The van der Waals surface area contributed by atoms with Gasteiger partial charge in [-0.3, -0.25) is 0 Å². The van der Waals surface area contributed by atoms with E-state index < -0.39 is 5.97 Å². The van der Waals surface area contributed by atoms with Crippen molar-refractivity contribution in [1.82, 2.24) is 14.8 Å². The largest absolute Gasteiger partial charge is 0.496 e. The van der Waals surface area contributed by atoms with Crippen molar-refractivity contribution in [3.63, 3.8) is 0 Å². The zero-order chi connectivity index (χ0) is 16.7. The molecule has 6 nitrogen and oxygen atoms in total. The number of ether oxygens (including phenoxy) is 1. The van der Waals surface area contributed by atoms with Crippen molar-refractivity contribution in [1.29, 1.82) is 0 Å². The molecule has 1 N–H and O–H groups in total. The Hall–Kier alpha value is -2.89. The van der Waals surface area contributed by atoms with Crippen LogP contribution in [0.25, 0.3) is 16.7 Å². The minimum Gasteiger partial charge on any atom is -0.496 e. The first kappa shape index (κ1) is 14.7. The second kappa shape index (κ2) is 5.63. The van der Waals surface area contributed by atoms with Crippen LogP contribution >= 0.6 is 0 Å². The number of fused-ring (bicyclic) bond motifs is 1. The Kier molecular flexibility index (Phi) is 3.45. The van der Waals surface area contributed by atoms with E-state index in [4.69, 9.17) is 9.84 Å². The van der Waals surface area contributed by atoms with Crippen molar-refractivity contribution in [2.45, 2.75) is 25.2 Å². The maximum Gasteiger partial charge on any atom is 0.354 e. The van der Waals surface area contributed by atoms with Gasteiger partial charge in [-0.1, -0.05) is 24.6 Å². The van der Waals surface area contributed by atoms with Gasteiger partial charge in [0.05, 0.1) is 23.9 Å². The number of pyridine rings is 1. The van der Waals surface area contributed by atoms with Gasteiger partial charge in [0.15, 0.2) is 11.3 Å². The molecule has 1 aliphatic carbocycles. The van der Waals surface area contributed by atoms with Crippen LogP contribution in [0.5, 0.6) is 5.75 Å². The van der Waals surface area contributed by atoms with Gasteiger partial charge >= 0.3 is 5.97 Å². The monoisotopic (exact) mass is 323 g/mol. The standard InChI is InChI=1S/C18H17N3O3/c1-24-14-10-13(18(22)23)19-17-15(14)16(11-6-5-7-11)20-21(17)12-8-3-2-4-9-12/h2-4,8-11H,5-7H2,1H3,(H,22,23). The summed E-state index contributed by atoms with van der Waals surface area (Å²) in [6.45, 7) is 0. The molecule has 24 heavy (non-hydrogen) atoms. The van der Waals surface area contributed by atoms with Crippen molar-refractivity contribution in [2.75, 3.05) is 7.11 Å². The molecule has 0 aliphatic heterocycles. The van der Waals surface area contributed by atoms with Crippen LogP contribution in [0.4, 0.5) is 0 Å². The number of hydrogen-bond donors (Lipinski definition) is 1. The van der Waals surface area contributed by atoms with E-state index in [-0.39, 0.29) is 5.69 Å². The second-order valence-corrected chi connectivity index (χ2v) is 5.97. The van der Waals surface area contributed by atoms with E-state index in [1.165, 1.54) is 12.5 Å². The molecule has 0 unspecified atom stereocenters. The van der Waals surface area contributed by atoms with Gasteiger partial charge in [0.2, 0.25) is 0 Å². The lowest BCUT2D eigenvalue weighted by molar-refractivity contribution is 0.0690. The van der Waals surface area contributed by atoms with Crippen LogP contribution in [-0.4, -0.2) is 33.0 Å². The zero-order valence-corrected chi connectivity index (χ0v) is 13.3. The van der Waals surface area contributed by atoms with Crippen molar-refractivity contribution >= 4 is 17.0 Å². The van der Waals surface area contributed by atoms with E-state index >= 15 is 0 Å². The molecule has 1 saturated carbocycles. The first-order valence-electron chi connectivity index (χ1n) is 7.95. The topological polar surface area (TPSA) is 77.2 Å². The summed E-state index contributed by atoms with van der Waals surface area (Å²) in [7, 11) is 1.55. The zero-order valence-electron chi connectivity index (χ0n) is 13.3. The Morgan fingerprint density at radius 2 is 2.04 bits per heavy atom. The number of aromatic carboxylic acids is 1. The summed E-state index contributed by atoms with van der Waals surface area (Å²) in [4.78, 5) is 15.8. The maximum atomic E-state index is 11.4. The summed E-state index contributed by atoms with van der Waals surface area (Å²) in [6.07, 6.45) is 3.36. The van der Waals surface area contributed by atoms with E-state index in [1.54, 1.807) is 11.8 Å². The number of para-hydroxylation sites is 1. The molecule has 122 valence electrons. The number of rotatable bonds is 4. The number of carbonyl (C=O) groups is 1. The quantitative estimate of drug-likeness (QED) is 0.796. The molecule has 0 saturated heterocycles. The minimum absolute atomic E-state index is 0.0448. The SMILES string of the molecule is COc1cc(C(=O)O)nc2c1c(C1CCC1)nn2-c1ccccc1. The van der Waals surface area contributed by atoms with Crippen molar-refractivity contribution in [3.8, 4) is 11.4 Å². The van der Waals surface area contributed by atoms with Gasteiger partial charge in [-0.25, -0.2) is 14.5 Å². The molecule has 1 fully saturated rings. The number of nitrogens with zero attached hydrogens (tertiary/aromatic N) is 3. The summed E-state index contributed by atoms with van der Waals surface area (Å²) in [5.74, 6) is -0.188.